The lowest BCUT2D eigenvalue weighted by Crippen LogP contribution is -2.55. The summed E-state index contributed by atoms with van der Waals surface area (Å²) in [5.41, 5.74) is 3.94. The lowest BCUT2D eigenvalue weighted by molar-refractivity contribution is -0.140. The molecule has 0 saturated heterocycles. The second kappa shape index (κ2) is 16.2. The van der Waals surface area contributed by atoms with Gasteiger partial charge >= 0.3 is 0 Å². The predicted molar refractivity (Wildman–Crippen MR) is 196 cm³/mol. The van der Waals surface area contributed by atoms with E-state index < -0.39 is 28.5 Å². The number of benzene rings is 4. The van der Waals surface area contributed by atoms with Crippen LogP contribution in [0.3, 0.4) is 0 Å². The van der Waals surface area contributed by atoms with Crippen molar-refractivity contribution in [2.24, 2.45) is 0 Å². The molecule has 10 heteroatoms. The molecule has 1 N–H and O–H groups in total. The highest BCUT2D eigenvalue weighted by molar-refractivity contribution is 9.10. The molecule has 0 aromatic heterocycles. The van der Waals surface area contributed by atoms with Crippen LogP contribution in [0, 0.1) is 13.8 Å². The molecule has 252 valence electrons. The van der Waals surface area contributed by atoms with Crippen LogP contribution in [0.1, 0.15) is 54.4 Å². The topological polar surface area (TPSA) is 86.8 Å². The molecule has 1 atom stereocenters. The molecule has 4 aromatic carbocycles. The third kappa shape index (κ3) is 9.07. The maximum Gasteiger partial charge on any atom is 0.264 e. The molecule has 0 unspecified atom stereocenters. The Bertz CT molecular complexity index is 1830. The van der Waals surface area contributed by atoms with Gasteiger partial charge in [0, 0.05) is 28.5 Å². The Morgan fingerprint density at radius 3 is 2.21 bits per heavy atom. The van der Waals surface area contributed by atoms with Gasteiger partial charge in [0.2, 0.25) is 11.8 Å². The molecule has 48 heavy (non-hydrogen) atoms. The van der Waals surface area contributed by atoms with Gasteiger partial charge in [0.1, 0.15) is 12.6 Å². The number of halogens is 2. The Morgan fingerprint density at radius 2 is 1.54 bits per heavy atom. The average molecular weight is 751 g/mol. The van der Waals surface area contributed by atoms with Gasteiger partial charge in [-0.3, -0.25) is 13.9 Å². The van der Waals surface area contributed by atoms with E-state index in [-0.39, 0.29) is 29.8 Å². The molecule has 1 aliphatic rings. The maximum atomic E-state index is 14.7. The van der Waals surface area contributed by atoms with Crippen LogP contribution in [0.2, 0.25) is 5.02 Å². The Labute approximate surface area is 297 Å². The molecule has 0 heterocycles. The molecule has 4 aromatic rings. The number of carbonyl (C=O) groups is 2. The van der Waals surface area contributed by atoms with Gasteiger partial charge in [-0.25, -0.2) is 8.42 Å². The van der Waals surface area contributed by atoms with Gasteiger partial charge in [0.05, 0.1) is 10.6 Å². The number of sulfonamides is 1. The quantitative estimate of drug-likeness (QED) is 0.159. The van der Waals surface area contributed by atoms with E-state index in [2.05, 4.69) is 21.2 Å². The van der Waals surface area contributed by atoms with Crippen LogP contribution in [0.5, 0.6) is 0 Å². The van der Waals surface area contributed by atoms with Crippen molar-refractivity contribution in [1.82, 2.24) is 10.2 Å². The minimum absolute atomic E-state index is 0.00680. The molecule has 5 rings (SSSR count). The van der Waals surface area contributed by atoms with Crippen LogP contribution < -0.4 is 9.62 Å². The Balaban J connectivity index is 1.58. The third-order valence-electron chi connectivity index (χ3n) is 8.92. The van der Waals surface area contributed by atoms with Crippen LogP contribution in [0.25, 0.3) is 0 Å². The summed E-state index contributed by atoms with van der Waals surface area (Å²) >= 11 is 9.64. The standard InChI is InChI=1S/C38H41BrClN3O4S/c1-27-16-19-34(22-28(27)2)43(48(46,47)35-20-17-32(40)18-21-35)26-37(44)42(25-30-12-9-13-31(39)23-30)36(24-29-10-5-3-6-11-29)38(45)41-33-14-7-4-8-15-33/h3,5-6,9-13,16-23,33,36H,4,7-8,14-15,24-26H2,1-2H3,(H,41,45)/t36-/m0/s1. The fourth-order valence-corrected chi connectivity index (χ4v) is 8.05. The molecule has 2 amide bonds. The molecule has 7 nitrogen and oxygen atoms in total. The lowest BCUT2D eigenvalue weighted by atomic mass is 9.94. The van der Waals surface area contributed by atoms with E-state index in [0.717, 1.165) is 63.1 Å². The molecule has 0 bridgehead atoms. The van der Waals surface area contributed by atoms with Crippen molar-refractivity contribution in [1.29, 1.82) is 0 Å². The molecule has 1 saturated carbocycles. The van der Waals surface area contributed by atoms with Crippen molar-refractivity contribution in [3.05, 3.63) is 129 Å². The predicted octanol–water partition coefficient (Wildman–Crippen LogP) is 8.00. The van der Waals surface area contributed by atoms with E-state index in [1.54, 1.807) is 17.0 Å². The number of rotatable bonds is 12. The fraction of sp³-hybridized carbons (Fsp3) is 0.316. The van der Waals surface area contributed by atoms with E-state index in [0.29, 0.717) is 10.7 Å². The number of nitrogens with one attached hydrogen (secondary N) is 1. The number of hydrogen-bond acceptors (Lipinski definition) is 4. The van der Waals surface area contributed by atoms with E-state index in [1.165, 1.54) is 24.3 Å². The van der Waals surface area contributed by atoms with Crippen LogP contribution >= 0.6 is 27.5 Å². The summed E-state index contributed by atoms with van der Waals surface area (Å²) in [5, 5.41) is 3.64. The molecule has 1 aliphatic carbocycles. The summed E-state index contributed by atoms with van der Waals surface area (Å²) < 4.78 is 30.5. The number of carbonyl (C=O) groups excluding carboxylic acids is 2. The summed E-state index contributed by atoms with van der Waals surface area (Å²) in [7, 11) is -4.22. The maximum absolute atomic E-state index is 14.7. The number of anilines is 1. The second-order valence-electron chi connectivity index (χ2n) is 12.4. The monoisotopic (exact) mass is 749 g/mol. The third-order valence-corrected chi connectivity index (χ3v) is 11.5. The molecular weight excluding hydrogens is 710 g/mol. The summed E-state index contributed by atoms with van der Waals surface area (Å²) in [6, 6.07) is 27.5. The van der Waals surface area contributed by atoms with E-state index in [9.17, 15) is 18.0 Å². The number of amides is 2. The van der Waals surface area contributed by atoms with Gasteiger partial charge in [-0.2, -0.15) is 0 Å². The molecule has 0 spiro atoms. The first-order valence-electron chi connectivity index (χ1n) is 16.2. The smallest absolute Gasteiger partial charge is 0.264 e. The summed E-state index contributed by atoms with van der Waals surface area (Å²) in [6.07, 6.45) is 5.29. The Kier molecular flexibility index (Phi) is 12.0. The van der Waals surface area contributed by atoms with Crippen molar-refractivity contribution in [3.8, 4) is 0 Å². The van der Waals surface area contributed by atoms with E-state index >= 15 is 0 Å². The molecule has 0 radical (unpaired) electrons. The van der Waals surface area contributed by atoms with Crippen LogP contribution in [0.4, 0.5) is 5.69 Å². The highest BCUT2D eigenvalue weighted by atomic mass is 79.9. The normalized spacial score (nSPS) is 14.2. The zero-order valence-electron chi connectivity index (χ0n) is 27.2. The fourth-order valence-electron chi connectivity index (χ4n) is 6.07. The Morgan fingerprint density at radius 1 is 0.854 bits per heavy atom. The highest BCUT2D eigenvalue weighted by Gasteiger charge is 2.35. The summed E-state index contributed by atoms with van der Waals surface area (Å²) in [5.74, 6) is -0.738. The second-order valence-corrected chi connectivity index (χ2v) is 15.6. The minimum Gasteiger partial charge on any atom is -0.352 e. The number of hydrogen-bond donors (Lipinski definition) is 1. The van der Waals surface area contributed by atoms with Gasteiger partial charge in [0.15, 0.2) is 0 Å². The SMILES string of the molecule is Cc1ccc(N(CC(=O)N(Cc2cccc(Br)c2)[C@@H](Cc2ccccc2)C(=O)NC2CCCCC2)S(=O)(=O)c2ccc(Cl)cc2)cc1C. The zero-order valence-corrected chi connectivity index (χ0v) is 30.4. The van der Waals surface area contributed by atoms with Gasteiger partial charge in [-0.15, -0.1) is 0 Å². The van der Waals surface area contributed by atoms with Crippen molar-refractivity contribution < 1.29 is 18.0 Å². The first kappa shape index (κ1) is 35.6. The van der Waals surface area contributed by atoms with Crippen LogP contribution in [0.15, 0.2) is 106 Å². The van der Waals surface area contributed by atoms with Crippen molar-refractivity contribution in [3.63, 3.8) is 0 Å². The molecule has 0 aliphatic heterocycles. The van der Waals surface area contributed by atoms with Gasteiger partial charge in [0.25, 0.3) is 10.0 Å². The lowest BCUT2D eigenvalue weighted by Gasteiger charge is -2.35. The van der Waals surface area contributed by atoms with Gasteiger partial charge < -0.3 is 10.2 Å². The first-order chi connectivity index (χ1) is 23.0. The van der Waals surface area contributed by atoms with E-state index in [4.69, 9.17) is 11.6 Å². The highest BCUT2D eigenvalue weighted by Crippen LogP contribution is 2.28. The number of nitrogens with zero attached hydrogens (tertiary/aromatic N) is 2. The molecular formula is C38H41BrClN3O4S. The van der Waals surface area contributed by atoms with Crippen molar-refractivity contribution in [2.75, 3.05) is 10.8 Å². The van der Waals surface area contributed by atoms with Crippen LogP contribution in [-0.2, 0) is 32.6 Å². The van der Waals surface area contributed by atoms with E-state index in [1.807, 2.05) is 74.5 Å². The summed E-state index contributed by atoms with van der Waals surface area (Å²) in [6.45, 7) is 3.44. The summed E-state index contributed by atoms with van der Waals surface area (Å²) in [4.78, 5) is 30.5. The van der Waals surface area contributed by atoms with Crippen LogP contribution in [-0.4, -0.2) is 43.8 Å². The zero-order chi connectivity index (χ0) is 34.3. The largest absolute Gasteiger partial charge is 0.352 e. The first-order valence-corrected chi connectivity index (χ1v) is 18.9. The van der Waals surface area contributed by atoms with Crippen molar-refractivity contribution >= 4 is 55.1 Å². The van der Waals surface area contributed by atoms with Crippen molar-refractivity contribution in [2.45, 2.75) is 75.9 Å². The van der Waals surface area contributed by atoms with Gasteiger partial charge in [-0.1, -0.05) is 95.3 Å². The number of aryl methyl sites for hydroxylation is 2. The minimum atomic E-state index is -4.22. The Hall–Kier alpha value is -3.66. The average Bonchev–Trinajstić information content (AvgIpc) is 3.07. The molecule has 1 fully saturated rings. The van der Waals surface area contributed by atoms with Gasteiger partial charge in [-0.05, 0) is 97.5 Å².